The molecule has 0 bridgehead atoms. The minimum absolute atomic E-state index is 0.492. The van der Waals surface area contributed by atoms with Crippen LogP contribution in [0.2, 0.25) is 5.02 Å². The molecule has 3 nitrogen and oxygen atoms in total. The normalized spacial score (nSPS) is 11.0. The summed E-state index contributed by atoms with van der Waals surface area (Å²) in [6, 6.07) is 3.81. The van der Waals surface area contributed by atoms with E-state index in [2.05, 4.69) is 5.10 Å². The van der Waals surface area contributed by atoms with Crippen molar-refractivity contribution in [2.45, 2.75) is 6.92 Å². The van der Waals surface area contributed by atoms with Gasteiger partial charge in [-0.25, -0.2) is 0 Å². The van der Waals surface area contributed by atoms with Crippen molar-refractivity contribution in [3.8, 4) is 0 Å². The first-order valence-corrected chi connectivity index (χ1v) is 4.36. The fourth-order valence-corrected chi connectivity index (χ4v) is 1.84. The lowest BCUT2D eigenvalue weighted by atomic mass is 10.1. The van der Waals surface area contributed by atoms with Crippen LogP contribution in [0.25, 0.3) is 10.9 Å². The van der Waals surface area contributed by atoms with Gasteiger partial charge in [-0.3, -0.25) is 4.68 Å². The summed E-state index contributed by atoms with van der Waals surface area (Å²) in [5.41, 5.74) is 7.87. The molecule has 2 rings (SSSR count). The Hall–Kier alpha value is -1.22. The number of fused-ring (bicyclic) bond motifs is 1. The van der Waals surface area contributed by atoms with Crippen LogP contribution in [-0.4, -0.2) is 9.78 Å². The molecule has 1 heterocycles. The molecule has 1 aromatic heterocycles. The van der Waals surface area contributed by atoms with E-state index in [1.165, 1.54) is 0 Å². The second-order valence-electron chi connectivity index (χ2n) is 3.10. The SMILES string of the molecule is Cc1ccc(Cl)c2c(N)nn(C)c12. The molecule has 0 spiro atoms. The van der Waals surface area contributed by atoms with Gasteiger partial charge in [0.25, 0.3) is 0 Å². The fraction of sp³-hybridized carbons (Fsp3) is 0.222. The highest BCUT2D eigenvalue weighted by Gasteiger charge is 2.10. The summed E-state index contributed by atoms with van der Waals surface area (Å²) < 4.78 is 1.76. The maximum Gasteiger partial charge on any atom is 0.154 e. The monoisotopic (exact) mass is 195 g/mol. The standard InChI is InChI=1S/C9H10ClN3/c1-5-3-4-6(10)7-8(5)13(2)12-9(7)11/h3-4H,1-2H3,(H2,11,12). The van der Waals surface area contributed by atoms with Gasteiger partial charge in [0.15, 0.2) is 5.82 Å². The highest BCUT2D eigenvalue weighted by atomic mass is 35.5. The molecule has 0 aliphatic rings. The highest BCUT2D eigenvalue weighted by Crippen LogP contribution is 2.29. The van der Waals surface area contributed by atoms with Crippen LogP contribution >= 0.6 is 11.6 Å². The van der Waals surface area contributed by atoms with Crippen LogP contribution in [0.3, 0.4) is 0 Å². The summed E-state index contributed by atoms with van der Waals surface area (Å²) in [5.74, 6) is 0.492. The van der Waals surface area contributed by atoms with Crippen molar-refractivity contribution in [1.82, 2.24) is 9.78 Å². The van der Waals surface area contributed by atoms with Gasteiger partial charge in [-0.05, 0) is 18.6 Å². The van der Waals surface area contributed by atoms with E-state index < -0.39 is 0 Å². The number of nitrogen functional groups attached to an aromatic ring is 1. The van der Waals surface area contributed by atoms with Crippen LogP contribution in [0.5, 0.6) is 0 Å². The Bertz CT molecular complexity index is 431. The second-order valence-corrected chi connectivity index (χ2v) is 3.50. The maximum absolute atomic E-state index is 6.01. The molecule has 1 aromatic carbocycles. The largest absolute Gasteiger partial charge is 0.382 e. The first-order chi connectivity index (χ1) is 6.11. The molecule has 0 amide bonds. The highest BCUT2D eigenvalue weighted by molar-refractivity contribution is 6.36. The molecule has 0 saturated heterocycles. The lowest BCUT2D eigenvalue weighted by Gasteiger charge is -1.99. The summed E-state index contributed by atoms with van der Waals surface area (Å²) in [7, 11) is 1.86. The van der Waals surface area contributed by atoms with Crippen LogP contribution < -0.4 is 5.73 Å². The van der Waals surface area contributed by atoms with Gasteiger partial charge in [-0.1, -0.05) is 17.7 Å². The van der Waals surface area contributed by atoms with Crippen LogP contribution in [0.1, 0.15) is 5.56 Å². The predicted molar refractivity (Wildman–Crippen MR) is 54.9 cm³/mol. The Morgan fingerprint density at radius 3 is 2.77 bits per heavy atom. The van der Waals surface area contributed by atoms with Crippen molar-refractivity contribution in [2.24, 2.45) is 7.05 Å². The quantitative estimate of drug-likeness (QED) is 0.700. The minimum Gasteiger partial charge on any atom is -0.382 e. The second kappa shape index (κ2) is 2.64. The molecular weight excluding hydrogens is 186 g/mol. The van der Waals surface area contributed by atoms with Gasteiger partial charge in [-0.2, -0.15) is 5.10 Å². The summed E-state index contributed by atoms with van der Waals surface area (Å²) in [4.78, 5) is 0. The zero-order chi connectivity index (χ0) is 9.59. The zero-order valence-corrected chi connectivity index (χ0v) is 8.26. The summed E-state index contributed by atoms with van der Waals surface area (Å²) in [6.07, 6.45) is 0. The number of aromatic nitrogens is 2. The molecule has 0 fully saturated rings. The van der Waals surface area contributed by atoms with Crippen LogP contribution in [0.4, 0.5) is 5.82 Å². The van der Waals surface area contributed by atoms with Crippen molar-refractivity contribution < 1.29 is 0 Å². The molecule has 0 unspecified atom stereocenters. The Morgan fingerprint density at radius 1 is 1.46 bits per heavy atom. The molecule has 0 atom stereocenters. The van der Waals surface area contributed by atoms with Gasteiger partial charge in [0.2, 0.25) is 0 Å². The van der Waals surface area contributed by atoms with E-state index in [-0.39, 0.29) is 0 Å². The number of nitrogens with two attached hydrogens (primary N) is 1. The third kappa shape index (κ3) is 1.08. The van der Waals surface area contributed by atoms with Crippen molar-refractivity contribution in [2.75, 3.05) is 5.73 Å². The zero-order valence-electron chi connectivity index (χ0n) is 7.50. The Morgan fingerprint density at radius 2 is 2.15 bits per heavy atom. The van der Waals surface area contributed by atoms with Gasteiger partial charge < -0.3 is 5.73 Å². The van der Waals surface area contributed by atoms with Crippen LogP contribution in [0, 0.1) is 6.92 Å². The molecule has 2 N–H and O–H groups in total. The topological polar surface area (TPSA) is 43.8 Å². The van der Waals surface area contributed by atoms with Crippen molar-refractivity contribution >= 4 is 28.3 Å². The number of rotatable bonds is 0. The molecular formula is C9H10ClN3. The van der Waals surface area contributed by atoms with Gasteiger partial charge in [0, 0.05) is 7.05 Å². The molecule has 68 valence electrons. The van der Waals surface area contributed by atoms with E-state index in [0.717, 1.165) is 16.5 Å². The van der Waals surface area contributed by atoms with E-state index in [4.69, 9.17) is 17.3 Å². The minimum atomic E-state index is 0.492. The van der Waals surface area contributed by atoms with Gasteiger partial charge in [0.05, 0.1) is 15.9 Å². The first-order valence-electron chi connectivity index (χ1n) is 3.98. The predicted octanol–water partition coefficient (Wildman–Crippen LogP) is 2.12. The molecule has 0 radical (unpaired) electrons. The van der Waals surface area contributed by atoms with Crippen LogP contribution in [-0.2, 0) is 7.05 Å². The van der Waals surface area contributed by atoms with E-state index in [9.17, 15) is 0 Å². The Kier molecular flexibility index (Phi) is 1.70. The van der Waals surface area contributed by atoms with E-state index in [0.29, 0.717) is 10.8 Å². The molecule has 13 heavy (non-hydrogen) atoms. The average molecular weight is 196 g/mol. The third-order valence-electron chi connectivity index (χ3n) is 2.17. The Labute approximate surface area is 81.1 Å². The molecule has 2 aromatic rings. The lowest BCUT2D eigenvalue weighted by Crippen LogP contribution is -1.92. The van der Waals surface area contributed by atoms with Crippen molar-refractivity contribution in [1.29, 1.82) is 0 Å². The summed E-state index contributed by atoms with van der Waals surface area (Å²) >= 11 is 6.01. The van der Waals surface area contributed by atoms with Crippen molar-refractivity contribution in [3.05, 3.63) is 22.7 Å². The number of hydrogen-bond acceptors (Lipinski definition) is 2. The van der Waals surface area contributed by atoms with E-state index >= 15 is 0 Å². The molecule has 4 heteroatoms. The summed E-state index contributed by atoms with van der Waals surface area (Å²) in [5, 5.41) is 5.63. The number of halogens is 1. The lowest BCUT2D eigenvalue weighted by molar-refractivity contribution is 0.800. The fourth-order valence-electron chi connectivity index (χ4n) is 1.59. The Balaban J connectivity index is 3.03. The van der Waals surface area contributed by atoms with Gasteiger partial charge >= 0.3 is 0 Å². The molecule has 0 aliphatic carbocycles. The van der Waals surface area contributed by atoms with E-state index in [1.807, 2.05) is 26.1 Å². The summed E-state index contributed by atoms with van der Waals surface area (Å²) in [6.45, 7) is 2.01. The number of benzene rings is 1. The maximum atomic E-state index is 6.01. The number of hydrogen-bond donors (Lipinski definition) is 1. The number of anilines is 1. The average Bonchev–Trinajstić information content (AvgIpc) is 2.36. The van der Waals surface area contributed by atoms with Crippen LogP contribution in [0.15, 0.2) is 12.1 Å². The molecule has 0 aliphatic heterocycles. The van der Waals surface area contributed by atoms with E-state index in [1.54, 1.807) is 4.68 Å². The molecule has 0 saturated carbocycles. The number of nitrogens with zero attached hydrogens (tertiary/aromatic N) is 2. The van der Waals surface area contributed by atoms with Gasteiger partial charge in [0.1, 0.15) is 0 Å². The number of aryl methyl sites for hydroxylation is 2. The first kappa shape index (κ1) is 8.38. The third-order valence-corrected chi connectivity index (χ3v) is 2.48. The smallest absolute Gasteiger partial charge is 0.154 e. The van der Waals surface area contributed by atoms with Crippen molar-refractivity contribution in [3.63, 3.8) is 0 Å². The van der Waals surface area contributed by atoms with Gasteiger partial charge in [-0.15, -0.1) is 0 Å².